The Bertz CT molecular complexity index is 1290. The van der Waals surface area contributed by atoms with Crippen molar-refractivity contribution in [2.75, 3.05) is 27.4 Å². The smallest absolute Gasteiger partial charge is 0.254 e. The van der Waals surface area contributed by atoms with Gasteiger partial charge in [-0.3, -0.25) is 9.59 Å². The molecule has 0 bridgehead atoms. The van der Waals surface area contributed by atoms with Gasteiger partial charge in [0.05, 0.1) is 32.8 Å². The Kier molecular flexibility index (Phi) is 6.55. The lowest BCUT2D eigenvalue weighted by molar-refractivity contribution is -0.124. The average molecular weight is 487 g/mol. The summed E-state index contributed by atoms with van der Waals surface area (Å²) in [5.74, 6) is 1.29. The van der Waals surface area contributed by atoms with E-state index in [2.05, 4.69) is 5.32 Å². The Hall–Kier alpha value is -4.00. The summed E-state index contributed by atoms with van der Waals surface area (Å²) in [6.45, 7) is 3.46. The minimum Gasteiger partial charge on any atom is -0.494 e. The third-order valence-corrected chi connectivity index (χ3v) is 7.01. The van der Waals surface area contributed by atoms with Crippen LogP contribution < -0.4 is 19.5 Å². The topological polar surface area (TPSA) is 77.1 Å². The van der Waals surface area contributed by atoms with E-state index in [4.69, 9.17) is 14.2 Å². The Morgan fingerprint density at radius 3 is 2.44 bits per heavy atom. The standard InChI is InChI=1S/C29H30N2O5/c1-4-36-20-11-9-18(10-12-20)17-30-28(32)26-21-7-5-6-8-22(21)29(33)31-14-13-19-15-24(34-2)25(35-3)16-23(19)27(26)31/h5-12,15-16,26-27H,4,13-14,17H2,1-3H3,(H,30,32)/t26-,27-/m0/s1. The summed E-state index contributed by atoms with van der Waals surface area (Å²) < 4.78 is 16.6. The van der Waals surface area contributed by atoms with E-state index in [1.807, 2.05) is 72.5 Å². The maximum absolute atomic E-state index is 13.8. The monoisotopic (exact) mass is 486 g/mol. The average Bonchev–Trinajstić information content (AvgIpc) is 2.92. The number of ether oxygens (including phenoxy) is 3. The number of carbonyl (C=O) groups excluding carboxylic acids is 2. The molecule has 5 rings (SSSR count). The van der Waals surface area contributed by atoms with Crippen molar-refractivity contribution < 1.29 is 23.8 Å². The highest BCUT2D eigenvalue weighted by Gasteiger charge is 2.46. The van der Waals surface area contributed by atoms with E-state index in [1.54, 1.807) is 14.2 Å². The van der Waals surface area contributed by atoms with Crippen LogP contribution in [0.1, 0.15) is 51.5 Å². The lowest BCUT2D eigenvalue weighted by atomic mass is 9.75. The van der Waals surface area contributed by atoms with Gasteiger partial charge >= 0.3 is 0 Å². The quantitative estimate of drug-likeness (QED) is 0.540. The number of amides is 2. The van der Waals surface area contributed by atoms with E-state index in [0.717, 1.165) is 28.0 Å². The van der Waals surface area contributed by atoms with Crippen LogP contribution in [-0.4, -0.2) is 44.1 Å². The maximum Gasteiger partial charge on any atom is 0.254 e. The van der Waals surface area contributed by atoms with Gasteiger partial charge in [0.25, 0.3) is 5.91 Å². The van der Waals surface area contributed by atoms with Gasteiger partial charge < -0.3 is 24.4 Å². The lowest BCUT2D eigenvalue weighted by Gasteiger charge is -2.45. The summed E-state index contributed by atoms with van der Waals surface area (Å²) in [5, 5.41) is 3.12. The van der Waals surface area contributed by atoms with Crippen LogP contribution in [0.4, 0.5) is 0 Å². The molecule has 0 fully saturated rings. The summed E-state index contributed by atoms with van der Waals surface area (Å²) in [7, 11) is 3.20. The molecule has 0 unspecified atom stereocenters. The third-order valence-electron chi connectivity index (χ3n) is 7.01. The number of nitrogens with zero attached hydrogens (tertiary/aromatic N) is 1. The van der Waals surface area contributed by atoms with E-state index >= 15 is 0 Å². The predicted molar refractivity (Wildman–Crippen MR) is 136 cm³/mol. The lowest BCUT2D eigenvalue weighted by Crippen LogP contribution is -2.50. The van der Waals surface area contributed by atoms with Gasteiger partial charge in [-0.15, -0.1) is 0 Å². The molecule has 0 spiro atoms. The molecule has 0 saturated carbocycles. The van der Waals surface area contributed by atoms with E-state index in [0.29, 0.717) is 43.2 Å². The molecule has 36 heavy (non-hydrogen) atoms. The minimum atomic E-state index is -0.557. The van der Waals surface area contributed by atoms with Crippen molar-refractivity contribution in [1.29, 1.82) is 0 Å². The highest BCUT2D eigenvalue weighted by Crippen LogP contribution is 2.48. The Morgan fingerprint density at radius 1 is 1.00 bits per heavy atom. The number of fused-ring (bicyclic) bond motifs is 4. The minimum absolute atomic E-state index is 0.0494. The molecule has 3 aromatic rings. The number of benzene rings is 3. The summed E-state index contributed by atoms with van der Waals surface area (Å²) >= 11 is 0. The van der Waals surface area contributed by atoms with Gasteiger partial charge in [0, 0.05) is 18.7 Å². The molecule has 0 aromatic heterocycles. The molecule has 186 valence electrons. The predicted octanol–water partition coefficient (Wildman–Crippen LogP) is 4.26. The first kappa shape index (κ1) is 23.7. The summed E-state index contributed by atoms with van der Waals surface area (Å²) in [6.07, 6.45) is 0.681. The van der Waals surface area contributed by atoms with E-state index < -0.39 is 12.0 Å². The van der Waals surface area contributed by atoms with Crippen LogP contribution in [0.15, 0.2) is 60.7 Å². The van der Waals surface area contributed by atoms with Gasteiger partial charge in [0.1, 0.15) is 5.75 Å². The largest absolute Gasteiger partial charge is 0.494 e. The number of carbonyl (C=O) groups is 2. The van der Waals surface area contributed by atoms with Crippen molar-refractivity contribution in [2.24, 2.45) is 0 Å². The zero-order valence-electron chi connectivity index (χ0n) is 20.7. The molecule has 0 saturated heterocycles. The van der Waals surface area contributed by atoms with Gasteiger partial charge in [-0.05, 0) is 65.9 Å². The Balaban J connectivity index is 1.51. The number of rotatable bonds is 7. The molecule has 0 aliphatic carbocycles. The third kappa shape index (κ3) is 4.15. The second-order valence-corrected chi connectivity index (χ2v) is 8.96. The van der Waals surface area contributed by atoms with Crippen molar-refractivity contribution in [3.05, 3.63) is 88.5 Å². The first-order valence-corrected chi connectivity index (χ1v) is 12.2. The number of hydrogen-bond donors (Lipinski definition) is 1. The Labute approximate surface area is 211 Å². The molecule has 3 aromatic carbocycles. The molecule has 2 aliphatic rings. The summed E-state index contributed by atoms with van der Waals surface area (Å²) in [4.78, 5) is 29.2. The van der Waals surface area contributed by atoms with Crippen molar-refractivity contribution in [2.45, 2.75) is 31.8 Å². The van der Waals surface area contributed by atoms with Crippen LogP contribution in [0.3, 0.4) is 0 Å². The number of methoxy groups -OCH3 is 2. The maximum atomic E-state index is 13.8. The molecule has 2 amide bonds. The molecule has 0 radical (unpaired) electrons. The van der Waals surface area contributed by atoms with Crippen molar-refractivity contribution in [1.82, 2.24) is 10.2 Å². The summed E-state index contributed by atoms with van der Waals surface area (Å²) in [6, 6.07) is 18.6. The molecule has 2 heterocycles. The van der Waals surface area contributed by atoms with Gasteiger partial charge in [0.2, 0.25) is 5.91 Å². The fourth-order valence-corrected chi connectivity index (χ4v) is 5.31. The van der Waals surface area contributed by atoms with Gasteiger partial charge in [-0.2, -0.15) is 0 Å². The van der Waals surface area contributed by atoms with Gasteiger partial charge in [-0.25, -0.2) is 0 Å². The first-order chi connectivity index (χ1) is 17.5. The highest BCUT2D eigenvalue weighted by molar-refractivity contribution is 6.01. The van der Waals surface area contributed by atoms with Crippen LogP contribution >= 0.6 is 0 Å². The molecule has 7 heteroatoms. The fraction of sp³-hybridized carbons (Fsp3) is 0.310. The van der Waals surface area contributed by atoms with Crippen molar-refractivity contribution >= 4 is 11.8 Å². The van der Waals surface area contributed by atoms with E-state index in [-0.39, 0.29) is 11.8 Å². The second-order valence-electron chi connectivity index (χ2n) is 8.96. The van der Waals surface area contributed by atoms with Crippen LogP contribution in [-0.2, 0) is 17.8 Å². The summed E-state index contributed by atoms with van der Waals surface area (Å²) in [5.41, 5.74) is 4.28. The second kappa shape index (κ2) is 9.93. The first-order valence-electron chi connectivity index (χ1n) is 12.2. The SMILES string of the molecule is CCOc1ccc(CNC(=O)[C@H]2c3ccccc3C(=O)N3CCc4cc(OC)c(OC)cc4[C@@H]23)cc1. The zero-order chi connectivity index (χ0) is 25.2. The fourth-order valence-electron chi connectivity index (χ4n) is 5.31. The highest BCUT2D eigenvalue weighted by atomic mass is 16.5. The van der Waals surface area contributed by atoms with E-state index in [9.17, 15) is 9.59 Å². The zero-order valence-corrected chi connectivity index (χ0v) is 20.7. The Morgan fingerprint density at radius 2 is 1.72 bits per heavy atom. The molecule has 1 N–H and O–H groups in total. The molecule has 2 atom stereocenters. The van der Waals surface area contributed by atoms with Crippen LogP contribution in [0.5, 0.6) is 17.2 Å². The van der Waals surface area contributed by atoms with Gasteiger partial charge in [0.15, 0.2) is 11.5 Å². The normalized spacial score (nSPS) is 18.0. The van der Waals surface area contributed by atoms with E-state index in [1.165, 1.54) is 0 Å². The number of hydrogen-bond acceptors (Lipinski definition) is 5. The van der Waals surface area contributed by atoms with Gasteiger partial charge in [-0.1, -0.05) is 30.3 Å². The van der Waals surface area contributed by atoms with Crippen molar-refractivity contribution in [3.63, 3.8) is 0 Å². The van der Waals surface area contributed by atoms with Crippen molar-refractivity contribution in [3.8, 4) is 17.2 Å². The molecular weight excluding hydrogens is 456 g/mol. The van der Waals surface area contributed by atoms with Crippen LogP contribution in [0, 0.1) is 0 Å². The molecule has 2 aliphatic heterocycles. The van der Waals surface area contributed by atoms with Crippen LogP contribution in [0.25, 0.3) is 0 Å². The molecule has 7 nitrogen and oxygen atoms in total. The number of nitrogens with one attached hydrogen (secondary N) is 1. The van der Waals surface area contributed by atoms with Crippen LogP contribution in [0.2, 0.25) is 0 Å². The molecular formula is C29H30N2O5.